The second kappa shape index (κ2) is 17.5. The van der Waals surface area contributed by atoms with Crippen LogP contribution in [0.1, 0.15) is 75.4 Å². The third kappa shape index (κ3) is 8.73. The zero-order valence-electron chi connectivity index (χ0n) is 31.5. The summed E-state index contributed by atoms with van der Waals surface area (Å²) in [6.45, 7) is 8.39. The number of rotatable bonds is 12. The molecule has 0 radical (unpaired) electrons. The molecule has 4 heterocycles. The smallest absolute Gasteiger partial charge is 0.407 e. The quantitative estimate of drug-likeness (QED) is 0.0660. The SMILES string of the molecule is COCON[C@H](C(=O)N1CSC[C@H]1c1ncc(-c2ccc(C#Cc3ccc4nc([C@@H]5CCCN5C(=O)[C@@H](NC(=O)OC)C(C)C)[nH]c4c3)cc2)[nH]1)C(C)C. The summed E-state index contributed by atoms with van der Waals surface area (Å²) in [6, 6.07) is 12.2. The maximum Gasteiger partial charge on any atom is 0.407 e. The van der Waals surface area contributed by atoms with Crippen molar-refractivity contribution in [2.45, 2.75) is 64.7 Å². The lowest BCUT2D eigenvalue weighted by Gasteiger charge is -2.29. The Morgan fingerprint density at radius 3 is 2.37 bits per heavy atom. The molecule has 2 aromatic carbocycles. The van der Waals surface area contributed by atoms with Crippen LogP contribution in [-0.2, 0) is 23.9 Å². The average molecular weight is 757 g/mol. The highest BCUT2D eigenvalue weighted by Gasteiger charge is 2.39. The molecule has 2 aromatic heterocycles. The first-order valence-electron chi connectivity index (χ1n) is 18.1. The fourth-order valence-electron chi connectivity index (χ4n) is 6.71. The first kappa shape index (κ1) is 38.8. The number of benzene rings is 2. The highest BCUT2D eigenvalue weighted by atomic mass is 32.2. The highest BCUT2D eigenvalue weighted by Crippen LogP contribution is 2.35. The van der Waals surface area contributed by atoms with Crippen LogP contribution in [0.25, 0.3) is 22.3 Å². The zero-order valence-corrected chi connectivity index (χ0v) is 32.3. The summed E-state index contributed by atoms with van der Waals surface area (Å²) >= 11 is 1.70. The van der Waals surface area contributed by atoms with Crippen LogP contribution >= 0.6 is 11.8 Å². The summed E-state index contributed by atoms with van der Waals surface area (Å²) < 4.78 is 9.70. The molecule has 3 amide bonds. The highest BCUT2D eigenvalue weighted by molar-refractivity contribution is 7.99. The number of likely N-dealkylation sites (tertiary alicyclic amines) is 1. The number of alkyl carbamates (subject to hydrolysis) is 1. The van der Waals surface area contributed by atoms with E-state index in [1.54, 1.807) is 22.9 Å². The molecule has 2 aliphatic rings. The Morgan fingerprint density at radius 1 is 0.926 bits per heavy atom. The second-order valence-corrected chi connectivity index (χ2v) is 15.1. The van der Waals surface area contributed by atoms with Gasteiger partial charge in [-0.3, -0.25) is 14.4 Å². The summed E-state index contributed by atoms with van der Waals surface area (Å²) in [5, 5.41) is 2.69. The number of hydrogen-bond donors (Lipinski definition) is 4. The van der Waals surface area contributed by atoms with Gasteiger partial charge in [-0.05, 0) is 60.6 Å². The van der Waals surface area contributed by atoms with Gasteiger partial charge in [0.15, 0.2) is 6.79 Å². The maximum absolute atomic E-state index is 13.5. The van der Waals surface area contributed by atoms with Crippen molar-refractivity contribution in [2.75, 3.05) is 39.2 Å². The molecule has 2 aliphatic heterocycles. The number of amides is 3. The normalized spacial score (nSPS) is 18.2. The number of carbonyl (C=O) groups excluding carboxylic acids is 3. The van der Waals surface area contributed by atoms with Gasteiger partial charge in [0.25, 0.3) is 0 Å². The molecule has 0 bridgehead atoms. The molecule has 54 heavy (non-hydrogen) atoms. The van der Waals surface area contributed by atoms with Crippen molar-refractivity contribution in [1.29, 1.82) is 0 Å². The predicted octanol–water partition coefficient (Wildman–Crippen LogP) is 5.12. The number of methoxy groups -OCH3 is 2. The number of thioether (sulfide) groups is 1. The van der Waals surface area contributed by atoms with Gasteiger partial charge >= 0.3 is 6.09 Å². The molecule has 0 aliphatic carbocycles. The molecular weight excluding hydrogens is 709 g/mol. The lowest BCUT2D eigenvalue weighted by atomic mass is 10.0. The largest absolute Gasteiger partial charge is 0.453 e. The van der Waals surface area contributed by atoms with Crippen LogP contribution in [0.4, 0.5) is 4.79 Å². The summed E-state index contributed by atoms with van der Waals surface area (Å²) in [7, 11) is 2.82. The summed E-state index contributed by atoms with van der Waals surface area (Å²) in [6.07, 6.45) is 2.79. The Labute approximate surface area is 319 Å². The van der Waals surface area contributed by atoms with E-state index in [0.29, 0.717) is 12.4 Å². The van der Waals surface area contributed by atoms with Crippen molar-refractivity contribution in [3.05, 3.63) is 71.4 Å². The summed E-state index contributed by atoms with van der Waals surface area (Å²) in [5.41, 5.74) is 8.01. The third-order valence-electron chi connectivity index (χ3n) is 9.69. The molecule has 4 aromatic rings. The van der Waals surface area contributed by atoms with Gasteiger partial charge in [-0.15, -0.1) is 11.8 Å². The van der Waals surface area contributed by atoms with Crippen molar-refractivity contribution >= 4 is 40.7 Å². The Balaban J connectivity index is 1.11. The van der Waals surface area contributed by atoms with Crippen LogP contribution in [0, 0.1) is 23.7 Å². The molecule has 286 valence electrons. The standard InChI is InChI=1S/C39H48N8O6S/c1-23(2)33(44-39(50)52-6)37(48)46-17-7-8-31(46)36-41-28-16-13-26(18-29(28)42-36)10-9-25-11-14-27(15-12-25)30-19-40-35(43-30)32-20-54-21-47(32)38(49)34(24(3)4)45-53-22-51-5/h11-16,18-19,23-24,31-34,45H,7-8,17,20-22H2,1-6H3,(H,40,43)(H,41,42)(H,44,50)/t31-,32-,33-,34-/m0/s1. The van der Waals surface area contributed by atoms with Crippen molar-refractivity contribution < 1.29 is 28.7 Å². The van der Waals surface area contributed by atoms with Crippen molar-refractivity contribution in [1.82, 2.24) is 40.5 Å². The van der Waals surface area contributed by atoms with E-state index in [9.17, 15) is 14.4 Å². The minimum atomic E-state index is -0.692. The molecule has 2 fully saturated rings. The van der Waals surface area contributed by atoms with Gasteiger partial charge in [0.1, 0.15) is 23.7 Å². The first-order valence-corrected chi connectivity index (χ1v) is 19.3. The van der Waals surface area contributed by atoms with Gasteiger partial charge in [-0.1, -0.05) is 51.7 Å². The molecule has 0 saturated carbocycles. The number of hydroxylamine groups is 1. The van der Waals surface area contributed by atoms with Crippen LogP contribution in [0.15, 0.2) is 48.7 Å². The lowest BCUT2D eigenvalue weighted by molar-refractivity contribution is -0.147. The number of aromatic amines is 2. The number of aromatic nitrogens is 4. The number of ether oxygens (including phenoxy) is 2. The fraction of sp³-hybridized carbons (Fsp3) is 0.462. The van der Waals surface area contributed by atoms with E-state index in [2.05, 4.69) is 37.6 Å². The van der Waals surface area contributed by atoms with Gasteiger partial charge in [-0.2, -0.15) is 5.48 Å². The zero-order chi connectivity index (χ0) is 38.4. The third-order valence-corrected chi connectivity index (χ3v) is 10.7. The van der Waals surface area contributed by atoms with E-state index < -0.39 is 18.2 Å². The molecule has 2 saturated heterocycles. The predicted molar refractivity (Wildman–Crippen MR) is 206 cm³/mol. The van der Waals surface area contributed by atoms with Crippen molar-refractivity contribution in [3.63, 3.8) is 0 Å². The number of carbonyl (C=O) groups is 3. The van der Waals surface area contributed by atoms with E-state index in [4.69, 9.17) is 19.3 Å². The number of H-pyrrole nitrogens is 2. The minimum absolute atomic E-state index is 0.0186. The number of imidazole rings is 2. The molecule has 4 N–H and O–H groups in total. The molecule has 14 nitrogen and oxygen atoms in total. The Kier molecular flexibility index (Phi) is 12.6. The topological polar surface area (TPSA) is 167 Å². The second-order valence-electron chi connectivity index (χ2n) is 14.1. The van der Waals surface area contributed by atoms with Crippen LogP contribution in [0.2, 0.25) is 0 Å². The maximum atomic E-state index is 13.5. The number of hydrogen-bond acceptors (Lipinski definition) is 10. The summed E-state index contributed by atoms with van der Waals surface area (Å²) in [5.74, 6) is 9.03. The minimum Gasteiger partial charge on any atom is -0.453 e. The molecule has 6 rings (SSSR count). The van der Waals surface area contributed by atoms with Gasteiger partial charge in [0, 0.05) is 30.5 Å². The van der Waals surface area contributed by atoms with Crippen molar-refractivity contribution in [2.24, 2.45) is 11.8 Å². The molecule has 0 unspecified atom stereocenters. The van der Waals surface area contributed by atoms with Gasteiger partial charge in [0.2, 0.25) is 11.8 Å². The van der Waals surface area contributed by atoms with Gasteiger partial charge in [0.05, 0.1) is 48.0 Å². The van der Waals surface area contributed by atoms with Crippen LogP contribution in [0.3, 0.4) is 0 Å². The van der Waals surface area contributed by atoms with Crippen molar-refractivity contribution in [3.8, 4) is 23.1 Å². The van der Waals surface area contributed by atoms with E-state index in [-0.39, 0.29) is 42.5 Å². The van der Waals surface area contributed by atoms with E-state index >= 15 is 0 Å². The lowest BCUT2D eigenvalue weighted by Crippen LogP contribution is -2.51. The molecule has 4 atom stereocenters. The Morgan fingerprint density at radius 2 is 1.65 bits per heavy atom. The number of fused-ring (bicyclic) bond motifs is 1. The molecule has 15 heteroatoms. The van der Waals surface area contributed by atoms with E-state index in [0.717, 1.165) is 63.7 Å². The van der Waals surface area contributed by atoms with Gasteiger partial charge in [-0.25, -0.2) is 14.8 Å². The van der Waals surface area contributed by atoms with Crippen LogP contribution in [0.5, 0.6) is 0 Å². The first-order chi connectivity index (χ1) is 26.1. The van der Waals surface area contributed by atoms with Gasteiger partial charge < -0.3 is 34.6 Å². The monoisotopic (exact) mass is 756 g/mol. The molecular formula is C39H48N8O6S. The van der Waals surface area contributed by atoms with E-state index in [1.165, 1.54) is 14.2 Å². The number of nitrogens with zero attached hydrogens (tertiary/aromatic N) is 4. The fourth-order valence-corrected chi connectivity index (χ4v) is 7.88. The van der Waals surface area contributed by atoms with Crippen LogP contribution < -0.4 is 10.8 Å². The Bertz CT molecular complexity index is 2000. The Hall–Kier alpha value is -4.88. The molecule has 0 spiro atoms. The number of nitrogens with one attached hydrogen (secondary N) is 4. The van der Waals surface area contributed by atoms with Crippen LogP contribution in [-0.4, -0.2) is 98.9 Å². The van der Waals surface area contributed by atoms with E-state index in [1.807, 2.05) is 75.1 Å². The summed E-state index contributed by atoms with van der Waals surface area (Å²) in [4.78, 5) is 64.3. The average Bonchev–Trinajstić information content (AvgIpc) is 4.00.